The lowest BCUT2D eigenvalue weighted by Crippen LogP contribution is -2.21. The van der Waals surface area contributed by atoms with Gasteiger partial charge in [0.1, 0.15) is 6.61 Å². The lowest BCUT2D eigenvalue weighted by molar-refractivity contribution is -0.168. The van der Waals surface area contributed by atoms with Crippen LogP contribution in [0.4, 0.5) is 0 Å². The van der Waals surface area contributed by atoms with E-state index in [2.05, 4.69) is 36.1 Å². The van der Waals surface area contributed by atoms with E-state index in [0.29, 0.717) is 40.8 Å². The highest BCUT2D eigenvalue weighted by Gasteiger charge is 2.19. The van der Waals surface area contributed by atoms with Gasteiger partial charge >= 0.3 is 5.97 Å². The summed E-state index contributed by atoms with van der Waals surface area (Å²) in [6, 6.07) is 15.6. The average molecular weight is 511 g/mol. The van der Waals surface area contributed by atoms with Gasteiger partial charge < -0.3 is 18.9 Å². The molecule has 0 saturated carbocycles. The second-order valence-electron chi connectivity index (χ2n) is 8.12. The highest BCUT2D eigenvalue weighted by Crippen LogP contribution is 2.32. The fourth-order valence-electron chi connectivity index (χ4n) is 3.57. The molecular weight excluding hydrogens is 484 g/mol. The number of esters is 1. The lowest BCUT2D eigenvalue weighted by Gasteiger charge is -2.22. The molecule has 1 aliphatic heterocycles. The van der Waals surface area contributed by atoms with E-state index in [1.165, 1.54) is 18.4 Å². The maximum atomic E-state index is 12.2. The van der Waals surface area contributed by atoms with E-state index in [0.717, 1.165) is 42.6 Å². The molecule has 1 atom stereocenters. The zero-order valence-corrected chi connectivity index (χ0v) is 21.1. The Morgan fingerprint density at radius 3 is 2.49 bits per heavy atom. The molecular formula is C28H27ClO5S. The summed E-state index contributed by atoms with van der Waals surface area (Å²) in [5, 5.41) is 2.48. The third kappa shape index (κ3) is 7.33. The van der Waals surface area contributed by atoms with Gasteiger partial charge in [-0.2, -0.15) is 0 Å². The largest absolute Gasteiger partial charge is 0.486 e. The smallest absolute Gasteiger partial charge is 0.351 e. The van der Waals surface area contributed by atoms with Gasteiger partial charge in [0, 0.05) is 23.4 Å². The van der Waals surface area contributed by atoms with Crippen molar-refractivity contribution in [2.45, 2.75) is 45.2 Å². The number of hydrogen-bond donors (Lipinski definition) is 0. The quantitative estimate of drug-likeness (QED) is 0.259. The summed E-state index contributed by atoms with van der Waals surface area (Å²) < 4.78 is 22.4. The molecule has 182 valence electrons. The molecule has 1 fully saturated rings. The highest BCUT2D eigenvalue weighted by atomic mass is 35.5. The Hall–Kier alpha value is -2.82. The molecule has 3 aromatic rings. The van der Waals surface area contributed by atoms with Gasteiger partial charge in [0.05, 0.1) is 19.3 Å². The predicted molar refractivity (Wildman–Crippen MR) is 137 cm³/mol. The van der Waals surface area contributed by atoms with Crippen LogP contribution in [0.25, 0.3) is 0 Å². The highest BCUT2D eigenvalue weighted by molar-refractivity contribution is 7.12. The van der Waals surface area contributed by atoms with Crippen LogP contribution in [0.3, 0.4) is 0 Å². The molecule has 1 aromatic heterocycles. The molecule has 35 heavy (non-hydrogen) atoms. The van der Waals surface area contributed by atoms with Gasteiger partial charge in [-0.3, -0.25) is 0 Å². The van der Waals surface area contributed by atoms with Crippen LogP contribution in [0, 0.1) is 11.8 Å². The summed E-state index contributed by atoms with van der Waals surface area (Å²) in [4.78, 5) is 12.6. The van der Waals surface area contributed by atoms with Crippen LogP contribution in [-0.4, -0.2) is 26.0 Å². The van der Waals surface area contributed by atoms with E-state index in [4.69, 9.17) is 30.5 Å². The molecule has 0 spiro atoms. The standard InChI is InChI=1S/C28H27ClO5S/c1-31-28(30)27-26(34-18-22-12-14-24(29)15-13-22)23(19-35-27)6-4-5-20-8-10-21(11-9-20)17-33-25-7-2-3-16-32-25/h8-15,19,25H,2-3,5,7,16-18H2,1H3. The maximum absolute atomic E-state index is 12.2. The van der Waals surface area contributed by atoms with Crippen LogP contribution < -0.4 is 4.74 Å². The molecule has 4 rings (SSSR count). The zero-order valence-electron chi connectivity index (χ0n) is 19.6. The molecule has 2 aromatic carbocycles. The van der Waals surface area contributed by atoms with E-state index in [9.17, 15) is 4.79 Å². The number of methoxy groups -OCH3 is 1. The second kappa shape index (κ2) is 12.8. The molecule has 1 saturated heterocycles. The molecule has 5 nitrogen and oxygen atoms in total. The van der Waals surface area contributed by atoms with Gasteiger partial charge in [-0.05, 0) is 48.1 Å². The van der Waals surface area contributed by atoms with E-state index in [-0.39, 0.29) is 6.29 Å². The average Bonchev–Trinajstić information content (AvgIpc) is 3.30. The third-order valence-electron chi connectivity index (χ3n) is 5.53. The lowest BCUT2D eigenvalue weighted by atomic mass is 10.1. The van der Waals surface area contributed by atoms with Crippen LogP contribution in [0.5, 0.6) is 5.75 Å². The van der Waals surface area contributed by atoms with Gasteiger partial charge in [0.25, 0.3) is 0 Å². The van der Waals surface area contributed by atoms with Gasteiger partial charge in [-0.1, -0.05) is 59.8 Å². The van der Waals surface area contributed by atoms with Gasteiger partial charge in [-0.15, -0.1) is 11.3 Å². The molecule has 2 heterocycles. The Morgan fingerprint density at radius 1 is 1.06 bits per heavy atom. The van der Waals surface area contributed by atoms with Gasteiger partial charge in [-0.25, -0.2) is 4.79 Å². The topological polar surface area (TPSA) is 54.0 Å². The van der Waals surface area contributed by atoms with Crippen LogP contribution in [0.1, 0.15) is 51.2 Å². The molecule has 0 bridgehead atoms. The van der Waals surface area contributed by atoms with E-state index >= 15 is 0 Å². The number of thiophene rings is 1. The van der Waals surface area contributed by atoms with Crippen LogP contribution in [0.2, 0.25) is 5.02 Å². The number of rotatable bonds is 8. The van der Waals surface area contributed by atoms with Crippen molar-refractivity contribution in [3.05, 3.63) is 86.1 Å². The van der Waals surface area contributed by atoms with Gasteiger partial charge in [0.2, 0.25) is 0 Å². The number of halogens is 1. The summed E-state index contributed by atoms with van der Waals surface area (Å²) in [6.45, 7) is 1.61. The van der Waals surface area contributed by atoms with Crippen molar-refractivity contribution < 1.29 is 23.7 Å². The number of ether oxygens (including phenoxy) is 4. The monoisotopic (exact) mass is 510 g/mol. The normalized spacial score (nSPS) is 15.2. The van der Waals surface area contributed by atoms with Crippen molar-refractivity contribution in [3.8, 4) is 17.6 Å². The Kier molecular flexibility index (Phi) is 9.21. The van der Waals surface area contributed by atoms with E-state index < -0.39 is 5.97 Å². The van der Waals surface area contributed by atoms with Crippen LogP contribution in [0.15, 0.2) is 53.9 Å². The molecule has 0 aliphatic carbocycles. The Balaban J connectivity index is 1.38. The summed E-state index contributed by atoms with van der Waals surface area (Å²) >= 11 is 7.22. The van der Waals surface area contributed by atoms with Crippen LogP contribution in [-0.2, 0) is 33.8 Å². The first-order valence-electron chi connectivity index (χ1n) is 11.5. The zero-order chi connectivity index (χ0) is 24.5. The fourth-order valence-corrected chi connectivity index (χ4v) is 4.56. The fraction of sp³-hybridized carbons (Fsp3) is 0.321. The van der Waals surface area contributed by atoms with Crippen molar-refractivity contribution in [2.75, 3.05) is 13.7 Å². The van der Waals surface area contributed by atoms with Crippen molar-refractivity contribution in [2.24, 2.45) is 0 Å². The molecule has 1 aliphatic rings. The minimum atomic E-state index is -0.439. The Bertz CT molecular complexity index is 1170. The Morgan fingerprint density at radius 2 is 1.77 bits per heavy atom. The SMILES string of the molecule is COC(=O)c1scc(C#CCc2ccc(COC3CCCCO3)cc2)c1OCc1ccc(Cl)cc1. The first-order valence-corrected chi connectivity index (χ1v) is 12.7. The Labute approximate surface area is 214 Å². The second-order valence-corrected chi connectivity index (χ2v) is 9.43. The summed E-state index contributed by atoms with van der Waals surface area (Å²) in [5.74, 6) is 6.35. The number of benzene rings is 2. The van der Waals surface area contributed by atoms with Crippen LogP contribution >= 0.6 is 22.9 Å². The van der Waals surface area contributed by atoms with Crippen molar-refractivity contribution in [1.29, 1.82) is 0 Å². The minimum Gasteiger partial charge on any atom is -0.486 e. The molecule has 1 unspecified atom stereocenters. The summed E-state index contributed by atoms with van der Waals surface area (Å²) in [7, 11) is 1.35. The molecule has 0 N–H and O–H groups in total. The van der Waals surface area contributed by atoms with E-state index in [1.807, 2.05) is 17.5 Å². The third-order valence-corrected chi connectivity index (χ3v) is 6.72. The van der Waals surface area contributed by atoms with Crippen molar-refractivity contribution in [1.82, 2.24) is 0 Å². The minimum absolute atomic E-state index is 0.0918. The van der Waals surface area contributed by atoms with E-state index in [1.54, 1.807) is 12.1 Å². The van der Waals surface area contributed by atoms with Crippen molar-refractivity contribution in [3.63, 3.8) is 0 Å². The maximum Gasteiger partial charge on any atom is 0.351 e. The number of carbonyl (C=O) groups is 1. The first kappa shape index (κ1) is 25.3. The number of hydrogen-bond acceptors (Lipinski definition) is 6. The number of carbonyl (C=O) groups excluding carboxylic acids is 1. The van der Waals surface area contributed by atoms with Gasteiger partial charge in [0.15, 0.2) is 16.9 Å². The molecule has 0 radical (unpaired) electrons. The molecule has 0 amide bonds. The van der Waals surface area contributed by atoms with Crippen molar-refractivity contribution >= 4 is 28.9 Å². The summed E-state index contributed by atoms with van der Waals surface area (Å²) in [5.41, 5.74) is 3.81. The first-order chi connectivity index (χ1) is 17.1. The summed E-state index contributed by atoms with van der Waals surface area (Å²) in [6.07, 6.45) is 3.71. The predicted octanol–water partition coefficient (Wildman–Crippen LogP) is 6.40. The molecule has 7 heteroatoms.